The number of halogens is 1. The molecule has 0 saturated heterocycles. The molecule has 3 nitrogen and oxygen atoms in total. The molecule has 0 bridgehead atoms. The van der Waals surface area contributed by atoms with Crippen LogP contribution in [0.25, 0.3) is 0 Å². The third-order valence-electron chi connectivity index (χ3n) is 5.64. The second-order valence-electron chi connectivity index (χ2n) is 7.00. The Balaban J connectivity index is 1.72. The standard InChI is InChI=1S/C21H22FNO2/c1-25-18-8-9-19-15(13-18)5-3-12-23(19)20(24)21(10-4-11-21)16-6-2-7-17(22)14-16/h2,6-9,13-14H,3-5,10-12H2,1H3. The zero-order chi connectivity index (χ0) is 17.4. The van der Waals surface area contributed by atoms with Crippen LogP contribution < -0.4 is 9.64 Å². The van der Waals surface area contributed by atoms with E-state index in [1.165, 1.54) is 12.1 Å². The van der Waals surface area contributed by atoms with Gasteiger partial charge in [-0.25, -0.2) is 4.39 Å². The average molecular weight is 339 g/mol. The summed E-state index contributed by atoms with van der Waals surface area (Å²) in [6, 6.07) is 12.4. The van der Waals surface area contributed by atoms with Gasteiger partial charge in [0.05, 0.1) is 12.5 Å². The van der Waals surface area contributed by atoms with Crippen molar-refractivity contribution in [3.05, 3.63) is 59.4 Å². The molecule has 0 spiro atoms. The Morgan fingerprint density at radius 3 is 2.68 bits per heavy atom. The molecule has 1 heterocycles. The van der Waals surface area contributed by atoms with E-state index in [2.05, 4.69) is 0 Å². The molecule has 0 aromatic heterocycles. The van der Waals surface area contributed by atoms with Crippen molar-refractivity contribution in [3.8, 4) is 5.75 Å². The van der Waals surface area contributed by atoms with Crippen molar-refractivity contribution < 1.29 is 13.9 Å². The third-order valence-corrected chi connectivity index (χ3v) is 5.64. The number of nitrogens with zero attached hydrogens (tertiary/aromatic N) is 1. The first-order valence-electron chi connectivity index (χ1n) is 8.89. The number of hydrogen-bond acceptors (Lipinski definition) is 2. The Bertz CT molecular complexity index is 813. The monoisotopic (exact) mass is 339 g/mol. The molecule has 1 fully saturated rings. The summed E-state index contributed by atoms with van der Waals surface area (Å²) >= 11 is 0. The largest absolute Gasteiger partial charge is 0.497 e. The fourth-order valence-electron chi connectivity index (χ4n) is 4.11. The van der Waals surface area contributed by atoms with Crippen molar-refractivity contribution in [3.63, 3.8) is 0 Å². The van der Waals surface area contributed by atoms with Gasteiger partial charge in [0.15, 0.2) is 0 Å². The Kier molecular flexibility index (Phi) is 3.98. The van der Waals surface area contributed by atoms with Crippen molar-refractivity contribution in [1.29, 1.82) is 0 Å². The molecule has 0 N–H and O–H groups in total. The van der Waals surface area contributed by atoms with Crippen molar-refractivity contribution in [2.45, 2.75) is 37.5 Å². The molecule has 130 valence electrons. The fourth-order valence-corrected chi connectivity index (χ4v) is 4.11. The van der Waals surface area contributed by atoms with Gasteiger partial charge in [0.2, 0.25) is 5.91 Å². The highest BCUT2D eigenvalue weighted by Gasteiger charge is 2.48. The highest BCUT2D eigenvalue weighted by atomic mass is 19.1. The summed E-state index contributed by atoms with van der Waals surface area (Å²) < 4.78 is 19.1. The Labute approximate surface area is 147 Å². The number of carbonyl (C=O) groups is 1. The summed E-state index contributed by atoms with van der Waals surface area (Å²) in [5, 5.41) is 0. The Hall–Kier alpha value is -2.36. The second-order valence-corrected chi connectivity index (χ2v) is 7.00. The number of aryl methyl sites for hydroxylation is 1. The zero-order valence-corrected chi connectivity index (χ0v) is 14.4. The minimum absolute atomic E-state index is 0.107. The van der Waals surface area contributed by atoms with Gasteiger partial charge in [-0.05, 0) is 67.1 Å². The van der Waals surface area contributed by atoms with Crippen LogP contribution in [0.4, 0.5) is 10.1 Å². The topological polar surface area (TPSA) is 29.5 Å². The quantitative estimate of drug-likeness (QED) is 0.837. The van der Waals surface area contributed by atoms with Crippen LogP contribution in [0, 0.1) is 5.82 Å². The minimum atomic E-state index is -0.573. The normalized spacial score (nSPS) is 18.2. The maximum absolute atomic E-state index is 13.7. The molecule has 0 unspecified atom stereocenters. The van der Waals surface area contributed by atoms with Gasteiger partial charge < -0.3 is 9.64 Å². The summed E-state index contributed by atoms with van der Waals surface area (Å²) in [7, 11) is 1.65. The third kappa shape index (κ3) is 2.60. The summed E-state index contributed by atoms with van der Waals surface area (Å²) in [5.41, 5.74) is 2.35. The minimum Gasteiger partial charge on any atom is -0.497 e. The van der Waals surface area contributed by atoms with Gasteiger partial charge in [-0.2, -0.15) is 0 Å². The Morgan fingerprint density at radius 2 is 2.00 bits per heavy atom. The molecule has 1 saturated carbocycles. The van der Waals surface area contributed by atoms with E-state index in [9.17, 15) is 9.18 Å². The molecule has 1 aliphatic carbocycles. The van der Waals surface area contributed by atoms with Crippen LogP contribution in [-0.4, -0.2) is 19.6 Å². The van der Waals surface area contributed by atoms with E-state index < -0.39 is 5.41 Å². The number of carbonyl (C=O) groups excluding carboxylic acids is 1. The van der Waals surface area contributed by atoms with Crippen molar-refractivity contribution in [2.75, 3.05) is 18.6 Å². The molecule has 2 aromatic carbocycles. The van der Waals surface area contributed by atoms with Crippen molar-refractivity contribution in [2.24, 2.45) is 0 Å². The number of hydrogen-bond donors (Lipinski definition) is 0. The van der Waals surface area contributed by atoms with Crippen LogP contribution in [0.5, 0.6) is 5.75 Å². The molecule has 2 aliphatic rings. The molecule has 25 heavy (non-hydrogen) atoms. The predicted octanol–water partition coefficient (Wildman–Crippen LogP) is 4.24. The summed E-state index contributed by atoms with van der Waals surface area (Å²) in [5.74, 6) is 0.646. The van der Waals surface area contributed by atoms with Crippen LogP contribution in [0.3, 0.4) is 0 Å². The molecule has 0 radical (unpaired) electrons. The fraction of sp³-hybridized carbons (Fsp3) is 0.381. The van der Waals surface area contributed by atoms with Gasteiger partial charge in [0.25, 0.3) is 0 Å². The van der Waals surface area contributed by atoms with Crippen molar-refractivity contribution >= 4 is 11.6 Å². The smallest absolute Gasteiger partial charge is 0.237 e. The lowest BCUT2D eigenvalue weighted by Gasteiger charge is -2.45. The van der Waals surface area contributed by atoms with Gasteiger partial charge in [0, 0.05) is 12.2 Å². The number of amides is 1. The van der Waals surface area contributed by atoms with Crippen LogP contribution >= 0.6 is 0 Å². The van der Waals surface area contributed by atoms with E-state index in [0.717, 1.165) is 61.2 Å². The second kappa shape index (κ2) is 6.17. The van der Waals surface area contributed by atoms with E-state index in [-0.39, 0.29) is 11.7 Å². The predicted molar refractivity (Wildman–Crippen MR) is 95.6 cm³/mol. The summed E-state index contributed by atoms with van der Waals surface area (Å²) in [6.07, 6.45) is 4.47. The lowest BCUT2D eigenvalue weighted by Crippen LogP contribution is -2.52. The maximum Gasteiger partial charge on any atom is 0.237 e. The molecular formula is C21H22FNO2. The first-order chi connectivity index (χ1) is 12.1. The average Bonchev–Trinajstić information content (AvgIpc) is 2.59. The summed E-state index contributed by atoms with van der Waals surface area (Å²) in [6.45, 7) is 0.717. The lowest BCUT2D eigenvalue weighted by atomic mass is 9.63. The van der Waals surface area contributed by atoms with Crippen LogP contribution in [0.15, 0.2) is 42.5 Å². The van der Waals surface area contributed by atoms with E-state index in [1.54, 1.807) is 13.2 Å². The van der Waals surface area contributed by atoms with Gasteiger partial charge >= 0.3 is 0 Å². The molecule has 2 aromatic rings. The zero-order valence-electron chi connectivity index (χ0n) is 14.4. The molecular weight excluding hydrogens is 317 g/mol. The molecule has 1 aliphatic heterocycles. The number of methoxy groups -OCH3 is 1. The Morgan fingerprint density at radius 1 is 1.16 bits per heavy atom. The highest BCUT2D eigenvalue weighted by Crippen LogP contribution is 2.47. The number of fused-ring (bicyclic) bond motifs is 1. The lowest BCUT2D eigenvalue weighted by molar-refractivity contribution is -0.127. The maximum atomic E-state index is 13.7. The SMILES string of the molecule is COc1ccc2c(c1)CCCN2C(=O)C1(c2cccc(F)c2)CCC1. The van der Waals surface area contributed by atoms with Gasteiger partial charge in [-0.15, -0.1) is 0 Å². The number of benzene rings is 2. The van der Waals surface area contributed by atoms with Crippen molar-refractivity contribution in [1.82, 2.24) is 0 Å². The number of rotatable bonds is 3. The summed E-state index contributed by atoms with van der Waals surface area (Å²) in [4.78, 5) is 15.4. The number of anilines is 1. The number of ether oxygens (including phenoxy) is 1. The van der Waals surface area contributed by atoms with Crippen LogP contribution in [-0.2, 0) is 16.6 Å². The van der Waals surface area contributed by atoms with Gasteiger partial charge in [-0.1, -0.05) is 18.6 Å². The highest BCUT2D eigenvalue weighted by molar-refractivity contribution is 6.02. The molecule has 4 heteroatoms. The van der Waals surface area contributed by atoms with Crippen LogP contribution in [0.1, 0.15) is 36.8 Å². The van der Waals surface area contributed by atoms with E-state index in [0.29, 0.717) is 0 Å². The van der Waals surface area contributed by atoms with E-state index in [4.69, 9.17) is 4.74 Å². The first-order valence-corrected chi connectivity index (χ1v) is 8.89. The van der Waals surface area contributed by atoms with Gasteiger partial charge in [0.1, 0.15) is 11.6 Å². The van der Waals surface area contributed by atoms with Crippen LogP contribution in [0.2, 0.25) is 0 Å². The molecule has 0 atom stereocenters. The molecule has 4 rings (SSSR count). The van der Waals surface area contributed by atoms with E-state index >= 15 is 0 Å². The first kappa shape index (κ1) is 16.1. The van der Waals surface area contributed by atoms with Gasteiger partial charge in [-0.3, -0.25) is 4.79 Å². The molecule has 1 amide bonds. The van der Waals surface area contributed by atoms with E-state index in [1.807, 2.05) is 29.2 Å².